The van der Waals surface area contributed by atoms with Gasteiger partial charge in [-0.25, -0.2) is 4.79 Å². The molecule has 0 aliphatic carbocycles. The number of piperidine rings is 1. The van der Waals surface area contributed by atoms with E-state index in [-0.39, 0.29) is 24.5 Å². The minimum Gasteiger partial charge on any atom is -0.335 e. The number of benzene rings is 2. The second-order valence-corrected chi connectivity index (χ2v) is 8.62. The largest absolute Gasteiger partial charge is 0.335 e. The van der Waals surface area contributed by atoms with E-state index in [0.29, 0.717) is 0 Å². The van der Waals surface area contributed by atoms with Crippen LogP contribution in [0.5, 0.6) is 0 Å². The van der Waals surface area contributed by atoms with Crippen molar-refractivity contribution in [2.75, 3.05) is 13.1 Å². The van der Waals surface area contributed by atoms with Gasteiger partial charge in [0.1, 0.15) is 0 Å². The molecule has 0 saturated carbocycles. The van der Waals surface area contributed by atoms with Crippen LogP contribution in [0, 0.1) is 0 Å². The first-order valence-electron chi connectivity index (χ1n) is 10.4. The highest BCUT2D eigenvalue weighted by molar-refractivity contribution is 5.85. The summed E-state index contributed by atoms with van der Waals surface area (Å²) in [5.41, 5.74) is 4.09. The van der Waals surface area contributed by atoms with Gasteiger partial charge in [0.15, 0.2) is 0 Å². The predicted molar refractivity (Wildman–Crippen MR) is 128 cm³/mol. The van der Waals surface area contributed by atoms with Crippen molar-refractivity contribution in [3.63, 3.8) is 0 Å². The number of urea groups is 1. The van der Waals surface area contributed by atoms with Crippen molar-refractivity contribution in [3.05, 3.63) is 77.9 Å². The summed E-state index contributed by atoms with van der Waals surface area (Å²) in [4.78, 5) is 15.1. The molecule has 1 saturated heterocycles. The lowest BCUT2D eigenvalue weighted by Crippen LogP contribution is -2.52. The number of hydrogen-bond donors (Lipinski definition) is 2. The van der Waals surface area contributed by atoms with E-state index >= 15 is 0 Å². The third-order valence-corrected chi connectivity index (χ3v) is 5.67. The average Bonchev–Trinajstić information content (AvgIpc) is 2.70. The van der Waals surface area contributed by atoms with E-state index in [1.807, 2.05) is 32.9 Å². The Morgan fingerprint density at radius 1 is 1.10 bits per heavy atom. The smallest absolute Gasteiger partial charge is 0.315 e. The van der Waals surface area contributed by atoms with E-state index in [1.165, 1.54) is 5.56 Å². The van der Waals surface area contributed by atoms with Gasteiger partial charge in [0, 0.05) is 25.7 Å². The van der Waals surface area contributed by atoms with Gasteiger partial charge in [-0.3, -0.25) is 4.90 Å². The van der Waals surface area contributed by atoms with Crippen LogP contribution in [0.4, 0.5) is 4.79 Å². The number of nitrogens with one attached hydrogen (secondary N) is 2. The van der Waals surface area contributed by atoms with Gasteiger partial charge in [-0.05, 0) is 56.4 Å². The Morgan fingerprint density at radius 3 is 2.40 bits per heavy atom. The highest BCUT2D eigenvalue weighted by Gasteiger charge is 2.26. The lowest BCUT2D eigenvalue weighted by atomic mass is 9.92. The van der Waals surface area contributed by atoms with Crippen molar-refractivity contribution in [1.82, 2.24) is 15.5 Å². The van der Waals surface area contributed by atoms with Gasteiger partial charge in [-0.15, -0.1) is 12.4 Å². The molecular weight excluding hydrogens is 394 g/mol. The summed E-state index contributed by atoms with van der Waals surface area (Å²) < 4.78 is 0. The van der Waals surface area contributed by atoms with Gasteiger partial charge < -0.3 is 10.6 Å². The third kappa shape index (κ3) is 6.61. The first kappa shape index (κ1) is 24.0. The van der Waals surface area contributed by atoms with Crippen molar-refractivity contribution in [3.8, 4) is 0 Å². The molecule has 0 aromatic heterocycles. The molecule has 2 N–H and O–H groups in total. The van der Waals surface area contributed by atoms with E-state index in [9.17, 15) is 4.79 Å². The molecule has 1 heterocycles. The molecule has 5 heteroatoms. The number of allylic oxidation sites excluding steroid dienone is 1. The molecule has 0 radical (unpaired) electrons. The van der Waals surface area contributed by atoms with Crippen molar-refractivity contribution in [1.29, 1.82) is 0 Å². The highest BCUT2D eigenvalue weighted by atomic mass is 35.5. The molecule has 0 unspecified atom stereocenters. The molecule has 1 aliphatic heterocycles. The second-order valence-electron chi connectivity index (χ2n) is 8.62. The number of halogens is 1. The van der Waals surface area contributed by atoms with Gasteiger partial charge in [0.05, 0.1) is 5.54 Å². The fourth-order valence-corrected chi connectivity index (χ4v) is 3.83. The van der Waals surface area contributed by atoms with Crippen molar-refractivity contribution in [2.24, 2.45) is 0 Å². The summed E-state index contributed by atoms with van der Waals surface area (Å²) >= 11 is 0. The van der Waals surface area contributed by atoms with Gasteiger partial charge in [-0.1, -0.05) is 60.7 Å². The van der Waals surface area contributed by atoms with Crippen LogP contribution >= 0.6 is 12.4 Å². The van der Waals surface area contributed by atoms with Gasteiger partial charge in [0.2, 0.25) is 0 Å². The molecular formula is C25H34ClN3O. The Labute approximate surface area is 187 Å². The maximum atomic E-state index is 12.6. The number of nitrogens with zero attached hydrogens (tertiary/aromatic N) is 1. The Morgan fingerprint density at radius 2 is 1.77 bits per heavy atom. The highest BCUT2D eigenvalue weighted by Crippen LogP contribution is 2.23. The van der Waals surface area contributed by atoms with E-state index in [4.69, 9.17) is 0 Å². The number of hydrogen-bond acceptors (Lipinski definition) is 2. The van der Waals surface area contributed by atoms with E-state index in [1.54, 1.807) is 0 Å². The zero-order chi connectivity index (χ0) is 20.9. The van der Waals surface area contributed by atoms with Crippen LogP contribution in [0.3, 0.4) is 0 Å². The maximum absolute atomic E-state index is 12.6. The fourth-order valence-electron chi connectivity index (χ4n) is 3.83. The normalized spacial score (nSPS) is 15.2. The van der Waals surface area contributed by atoms with Crippen molar-refractivity contribution < 1.29 is 4.79 Å². The Hall–Kier alpha value is -2.30. The van der Waals surface area contributed by atoms with E-state index < -0.39 is 5.54 Å². The monoisotopic (exact) mass is 427 g/mol. The number of rotatable bonds is 6. The summed E-state index contributed by atoms with van der Waals surface area (Å²) in [6.07, 6.45) is 1.96. The molecule has 2 aromatic carbocycles. The quantitative estimate of drug-likeness (QED) is 0.653. The van der Waals surface area contributed by atoms with Crippen LogP contribution in [0.1, 0.15) is 50.3 Å². The molecule has 1 aliphatic rings. The SMILES string of the molecule is C=C(C)c1cccc(C(C)(C)NC(=O)NC2CCN(Cc3ccccc3)CC2)c1.Cl. The lowest BCUT2D eigenvalue weighted by molar-refractivity contribution is 0.183. The summed E-state index contributed by atoms with van der Waals surface area (Å²) in [5.74, 6) is 0. The van der Waals surface area contributed by atoms with Crippen molar-refractivity contribution in [2.45, 2.75) is 51.7 Å². The summed E-state index contributed by atoms with van der Waals surface area (Å²) in [6, 6.07) is 18.9. The maximum Gasteiger partial charge on any atom is 0.315 e. The van der Waals surface area contributed by atoms with Gasteiger partial charge in [-0.2, -0.15) is 0 Å². The van der Waals surface area contributed by atoms with Crippen LogP contribution in [0.2, 0.25) is 0 Å². The Balaban J connectivity index is 0.00000320. The molecule has 30 heavy (non-hydrogen) atoms. The standard InChI is InChI=1S/C25H33N3O.ClH/c1-19(2)21-11-8-12-22(17-21)25(3,4)27-24(29)26-23-13-15-28(16-14-23)18-20-9-6-5-7-10-20;/h5-12,17,23H,1,13-16,18H2,2-4H3,(H2,26,27,29);1H. The fraction of sp³-hybridized carbons (Fsp3) is 0.400. The zero-order valence-electron chi connectivity index (χ0n) is 18.3. The molecule has 4 nitrogen and oxygen atoms in total. The van der Waals surface area contributed by atoms with Crippen molar-refractivity contribution >= 4 is 24.0 Å². The first-order valence-corrected chi connectivity index (χ1v) is 10.4. The zero-order valence-corrected chi connectivity index (χ0v) is 19.1. The molecule has 0 bridgehead atoms. The number of amides is 2. The number of likely N-dealkylation sites (tertiary alicyclic amines) is 1. The second kappa shape index (κ2) is 10.6. The summed E-state index contributed by atoms with van der Waals surface area (Å²) in [6.45, 7) is 13.1. The van der Waals surface area contributed by atoms with Crippen LogP contribution in [0.15, 0.2) is 61.2 Å². The molecule has 3 rings (SSSR count). The molecule has 0 spiro atoms. The predicted octanol–water partition coefficient (Wildman–Crippen LogP) is 5.34. The molecule has 1 fully saturated rings. The van der Waals surface area contributed by atoms with Gasteiger partial charge >= 0.3 is 6.03 Å². The van der Waals surface area contributed by atoms with Gasteiger partial charge in [0.25, 0.3) is 0 Å². The average molecular weight is 428 g/mol. The van der Waals surface area contributed by atoms with Crippen LogP contribution in [-0.2, 0) is 12.1 Å². The lowest BCUT2D eigenvalue weighted by Gasteiger charge is -2.34. The first-order chi connectivity index (χ1) is 13.8. The number of carbonyl (C=O) groups is 1. The molecule has 162 valence electrons. The van der Waals surface area contributed by atoms with Crippen LogP contribution in [0.25, 0.3) is 5.57 Å². The molecule has 2 aromatic rings. The minimum absolute atomic E-state index is 0. The number of carbonyl (C=O) groups excluding carboxylic acids is 1. The van der Waals surface area contributed by atoms with E-state index in [0.717, 1.165) is 49.2 Å². The topological polar surface area (TPSA) is 44.4 Å². The minimum atomic E-state index is -0.455. The third-order valence-electron chi connectivity index (χ3n) is 5.67. The Bertz CT molecular complexity index is 842. The molecule has 0 atom stereocenters. The van der Waals surface area contributed by atoms with Crippen LogP contribution in [-0.4, -0.2) is 30.1 Å². The summed E-state index contributed by atoms with van der Waals surface area (Å²) in [5, 5.41) is 6.32. The van der Waals surface area contributed by atoms with Crippen LogP contribution < -0.4 is 10.6 Å². The molecule has 2 amide bonds. The Kier molecular flexibility index (Phi) is 8.51. The van der Waals surface area contributed by atoms with E-state index in [2.05, 4.69) is 64.6 Å². The summed E-state index contributed by atoms with van der Waals surface area (Å²) in [7, 11) is 0.